The van der Waals surface area contributed by atoms with Crippen LogP contribution >= 0.6 is 0 Å². The molecule has 0 aliphatic carbocycles. The molecule has 0 spiro atoms. The summed E-state index contributed by atoms with van der Waals surface area (Å²) in [5.74, 6) is 1.39. The first-order valence-electron chi connectivity index (χ1n) is 9.05. The number of benzene rings is 3. The molecule has 1 aromatic heterocycles. The molecule has 0 fully saturated rings. The number of ether oxygens (including phenoxy) is 1. The smallest absolute Gasteiger partial charge is 0.127 e. The Bertz CT molecular complexity index is 1110. The van der Waals surface area contributed by atoms with Crippen LogP contribution in [0.4, 0.5) is 0 Å². The number of hydrogen-bond donors (Lipinski definition) is 0. The van der Waals surface area contributed by atoms with E-state index in [1.807, 2.05) is 18.3 Å². The van der Waals surface area contributed by atoms with E-state index in [1.165, 1.54) is 27.3 Å². The van der Waals surface area contributed by atoms with Crippen molar-refractivity contribution >= 4 is 21.5 Å². The van der Waals surface area contributed by atoms with Gasteiger partial charge in [0.2, 0.25) is 0 Å². The van der Waals surface area contributed by atoms with Crippen molar-refractivity contribution in [1.29, 1.82) is 0 Å². The Balaban J connectivity index is 2.03. The molecule has 0 unspecified atom stereocenters. The van der Waals surface area contributed by atoms with Gasteiger partial charge in [0.25, 0.3) is 0 Å². The summed E-state index contributed by atoms with van der Waals surface area (Å²) in [5.41, 5.74) is 4.71. The lowest BCUT2D eigenvalue weighted by Gasteiger charge is -2.15. The van der Waals surface area contributed by atoms with E-state index in [0.717, 1.165) is 22.4 Å². The zero-order valence-corrected chi connectivity index (χ0v) is 15.7. The fourth-order valence-corrected chi connectivity index (χ4v) is 3.67. The van der Waals surface area contributed by atoms with Crippen LogP contribution in [0.25, 0.3) is 32.8 Å². The molecule has 0 saturated carbocycles. The minimum absolute atomic E-state index is 0.507. The molecule has 0 aliphatic rings. The van der Waals surface area contributed by atoms with Crippen LogP contribution in [-0.2, 0) is 0 Å². The molecule has 130 valence electrons. The fraction of sp³-hybridized carbons (Fsp3) is 0.208. The normalized spacial score (nSPS) is 11.4. The summed E-state index contributed by atoms with van der Waals surface area (Å²) in [6, 6.07) is 19.2. The third-order valence-electron chi connectivity index (χ3n) is 5.18. The van der Waals surface area contributed by atoms with Crippen molar-refractivity contribution in [3.63, 3.8) is 0 Å². The maximum Gasteiger partial charge on any atom is 0.127 e. The highest BCUT2D eigenvalue weighted by molar-refractivity contribution is 6.02. The molecule has 0 amide bonds. The Hall–Kier alpha value is -2.87. The molecule has 0 atom stereocenters. The molecule has 0 aliphatic heterocycles. The molecule has 2 nitrogen and oxygen atoms in total. The Kier molecular flexibility index (Phi) is 4.12. The van der Waals surface area contributed by atoms with E-state index < -0.39 is 0 Å². The van der Waals surface area contributed by atoms with E-state index in [1.54, 1.807) is 7.11 Å². The number of hydrogen-bond acceptors (Lipinski definition) is 2. The minimum atomic E-state index is 0.507. The van der Waals surface area contributed by atoms with Gasteiger partial charge in [-0.05, 0) is 40.8 Å². The third kappa shape index (κ3) is 2.62. The van der Waals surface area contributed by atoms with Gasteiger partial charge in [-0.25, -0.2) is 0 Å². The molecular formula is C24H23NO. The van der Waals surface area contributed by atoms with Crippen LogP contribution in [0.3, 0.4) is 0 Å². The lowest BCUT2D eigenvalue weighted by molar-refractivity contribution is 0.420. The standard InChI is InChI=1S/C24H23NO/c1-15(2)18-11-12-19-14-25-24(16(3)21(19)13-18)20-9-5-7-17-8-6-10-22(26-4)23(17)20/h5-15H,1-4H3. The topological polar surface area (TPSA) is 22.1 Å². The summed E-state index contributed by atoms with van der Waals surface area (Å²) < 4.78 is 5.64. The summed E-state index contributed by atoms with van der Waals surface area (Å²) in [4.78, 5) is 4.82. The van der Waals surface area contributed by atoms with Crippen molar-refractivity contribution in [1.82, 2.24) is 4.98 Å². The summed E-state index contributed by atoms with van der Waals surface area (Å²) in [7, 11) is 1.72. The van der Waals surface area contributed by atoms with Gasteiger partial charge < -0.3 is 4.74 Å². The quantitative estimate of drug-likeness (QED) is 0.424. The summed E-state index contributed by atoms with van der Waals surface area (Å²) in [5, 5.41) is 4.74. The highest BCUT2D eigenvalue weighted by Crippen LogP contribution is 2.37. The largest absolute Gasteiger partial charge is 0.496 e. The molecule has 0 saturated heterocycles. The van der Waals surface area contributed by atoms with Crippen molar-refractivity contribution in [3.05, 3.63) is 71.9 Å². The Morgan fingerprint density at radius 2 is 1.69 bits per heavy atom. The van der Waals surface area contributed by atoms with Crippen molar-refractivity contribution in [3.8, 4) is 17.0 Å². The second-order valence-electron chi connectivity index (χ2n) is 7.10. The Morgan fingerprint density at radius 3 is 2.42 bits per heavy atom. The molecule has 4 aromatic rings. The van der Waals surface area contributed by atoms with Gasteiger partial charge in [-0.15, -0.1) is 0 Å². The van der Waals surface area contributed by atoms with Crippen molar-refractivity contribution in [2.45, 2.75) is 26.7 Å². The maximum absolute atomic E-state index is 5.64. The average Bonchev–Trinajstić information content (AvgIpc) is 2.67. The fourth-order valence-electron chi connectivity index (χ4n) is 3.67. The highest BCUT2D eigenvalue weighted by atomic mass is 16.5. The van der Waals surface area contributed by atoms with Crippen LogP contribution in [0.5, 0.6) is 5.75 Å². The number of aromatic nitrogens is 1. The van der Waals surface area contributed by atoms with Gasteiger partial charge in [-0.3, -0.25) is 4.98 Å². The number of fused-ring (bicyclic) bond motifs is 2. The number of nitrogens with zero attached hydrogens (tertiary/aromatic N) is 1. The number of rotatable bonds is 3. The highest BCUT2D eigenvalue weighted by Gasteiger charge is 2.14. The molecule has 0 radical (unpaired) electrons. The summed E-state index contributed by atoms with van der Waals surface area (Å²) >= 11 is 0. The molecule has 3 aromatic carbocycles. The SMILES string of the molecule is COc1cccc2cccc(-c3ncc4ccc(C(C)C)cc4c3C)c12. The van der Waals surface area contributed by atoms with Crippen LogP contribution in [0, 0.1) is 6.92 Å². The van der Waals surface area contributed by atoms with Crippen molar-refractivity contribution in [2.24, 2.45) is 0 Å². The van der Waals surface area contributed by atoms with E-state index in [2.05, 4.69) is 63.2 Å². The lowest BCUT2D eigenvalue weighted by Crippen LogP contribution is -1.95. The second kappa shape index (κ2) is 6.45. The van der Waals surface area contributed by atoms with Gasteiger partial charge in [0.05, 0.1) is 12.8 Å². The number of methoxy groups -OCH3 is 1. The van der Waals surface area contributed by atoms with Gasteiger partial charge in [0.15, 0.2) is 0 Å². The van der Waals surface area contributed by atoms with Gasteiger partial charge in [0, 0.05) is 22.5 Å². The molecule has 26 heavy (non-hydrogen) atoms. The predicted molar refractivity (Wildman–Crippen MR) is 110 cm³/mol. The van der Waals surface area contributed by atoms with Crippen LogP contribution in [0.2, 0.25) is 0 Å². The zero-order valence-electron chi connectivity index (χ0n) is 15.7. The van der Waals surface area contributed by atoms with Gasteiger partial charge in [-0.2, -0.15) is 0 Å². The maximum atomic E-state index is 5.64. The van der Waals surface area contributed by atoms with Crippen LogP contribution in [0.15, 0.2) is 60.8 Å². The molecule has 0 N–H and O–H groups in total. The summed E-state index contributed by atoms with van der Waals surface area (Å²) in [6.45, 7) is 6.63. The summed E-state index contributed by atoms with van der Waals surface area (Å²) in [6.07, 6.45) is 1.98. The molecular weight excluding hydrogens is 318 g/mol. The zero-order chi connectivity index (χ0) is 18.3. The molecule has 1 heterocycles. The van der Waals surface area contributed by atoms with Crippen LogP contribution < -0.4 is 4.74 Å². The van der Waals surface area contributed by atoms with E-state index in [9.17, 15) is 0 Å². The Morgan fingerprint density at radius 1 is 0.923 bits per heavy atom. The first kappa shape index (κ1) is 16.6. The van der Waals surface area contributed by atoms with Gasteiger partial charge >= 0.3 is 0 Å². The first-order chi connectivity index (χ1) is 12.6. The first-order valence-corrected chi connectivity index (χ1v) is 9.05. The molecule has 2 heteroatoms. The van der Waals surface area contributed by atoms with Crippen molar-refractivity contribution < 1.29 is 4.74 Å². The second-order valence-corrected chi connectivity index (χ2v) is 7.10. The van der Waals surface area contributed by atoms with E-state index >= 15 is 0 Å². The molecule has 4 rings (SSSR count). The monoisotopic (exact) mass is 341 g/mol. The van der Waals surface area contributed by atoms with Gasteiger partial charge in [0.1, 0.15) is 5.75 Å². The lowest BCUT2D eigenvalue weighted by atomic mass is 9.94. The van der Waals surface area contributed by atoms with E-state index in [-0.39, 0.29) is 0 Å². The third-order valence-corrected chi connectivity index (χ3v) is 5.18. The average molecular weight is 341 g/mol. The predicted octanol–water partition coefficient (Wildman–Crippen LogP) is 6.50. The minimum Gasteiger partial charge on any atom is -0.496 e. The number of pyridine rings is 1. The number of aryl methyl sites for hydroxylation is 1. The van der Waals surface area contributed by atoms with Gasteiger partial charge in [-0.1, -0.05) is 62.4 Å². The van der Waals surface area contributed by atoms with Crippen molar-refractivity contribution in [2.75, 3.05) is 7.11 Å². The van der Waals surface area contributed by atoms with Crippen LogP contribution in [0.1, 0.15) is 30.9 Å². The molecule has 0 bridgehead atoms. The van der Waals surface area contributed by atoms with E-state index in [4.69, 9.17) is 9.72 Å². The van der Waals surface area contributed by atoms with Crippen LogP contribution in [-0.4, -0.2) is 12.1 Å². The van der Waals surface area contributed by atoms with E-state index in [0.29, 0.717) is 5.92 Å². The Labute approximate surface area is 154 Å².